The van der Waals surface area contributed by atoms with Gasteiger partial charge in [-0.2, -0.15) is 9.97 Å². The minimum atomic E-state index is 0.509. The molecule has 0 amide bonds. The zero-order chi connectivity index (χ0) is 13.2. The standard InChI is InChI=1S/C14H22N4O/c1-10-4-7-18(8-5-10)13-11-9-15-6-3-12(11)16-14(17-13)19-2/h10,15H,3-9H2,1-2H3. The summed E-state index contributed by atoms with van der Waals surface area (Å²) < 4.78 is 5.26. The van der Waals surface area contributed by atoms with Crippen LogP contribution in [0.4, 0.5) is 5.82 Å². The molecule has 3 heterocycles. The lowest BCUT2D eigenvalue weighted by Crippen LogP contribution is -2.36. The summed E-state index contributed by atoms with van der Waals surface area (Å²) in [7, 11) is 1.64. The predicted octanol–water partition coefficient (Wildman–Crippen LogP) is 1.37. The third kappa shape index (κ3) is 2.52. The van der Waals surface area contributed by atoms with Gasteiger partial charge in [0.15, 0.2) is 0 Å². The zero-order valence-corrected chi connectivity index (χ0v) is 11.8. The molecule has 0 radical (unpaired) electrons. The molecule has 0 unspecified atom stereocenters. The Hall–Kier alpha value is -1.36. The van der Waals surface area contributed by atoms with Crippen LogP contribution in [0.3, 0.4) is 0 Å². The first-order valence-electron chi connectivity index (χ1n) is 7.17. The van der Waals surface area contributed by atoms with Gasteiger partial charge in [0, 0.05) is 38.2 Å². The van der Waals surface area contributed by atoms with Gasteiger partial charge in [0.05, 0.1) is 12.8 Å². The Balaban J connectivity index is 1.94. The maximum Gasteiger partial charge on any atom is 0.318 e. The number of fused-ring (bicyclic) bond motifs is 1. The van der Waals surface area contributed by atoms with E-state index in [9.17, 15) is 0 Å². The summed E-state index contributed by atoms with van der Waals surface area (Å²) in [6.45, 7) is 6.38. The van der Waals surface area contributed by atoms with Crippen LogP contribution in [0.15, 0.2) is 0 Å². The highest BCUT2D eigenvalue weighted by molar-refractivity contribution is 5.51. The molecule has 5 nitrogen and oxygen atoms in total. The van der Waals surface area contributed by atoms with Crippen LogP contribution in [-0.4, -0.2) is 36.7 Å². The number of ether oxygens (including phenoxy) is 1. The van der Waals surface area contributed by atoms with Gasteiger partial charge in [-0.05, 0) is 18.8 Å². The average molecular weight is 262 g/mol. The summed E-state index contributed by atoms with van der Waals surface area (Å²) in [5.41, 5.74) is 2.42. The SMILES string of the molecule is COc1nc2c(c(N3CCC(C)CC3)n1)CNCC2. The van der Waals surface area contributed by atoms with E-state index >= 15 is 0 Å². The third-order valence-electron chi connectivity index (χ3n) is 4.16. The van der Waals surface area contributed by atoms with Gasteiger partial charge < -0.3 is 15.0 Å². The van der Waals surface area contributed by atoms with Gasteiger partial charge in [-0.25, -0.2) is 0 Å². The summed E-state index contributed by atoms with van der Waals surface area (Å²) in [5.74, 6) is 1.91. The third-order valence-corrected chi connectivity index (χ3v) is 4.16. The Labute approximate surface area is 114 Å². The number of rotatable bonds is 2. The minimum Gasteiger partial charge on any atom is -0.467 e. The summed E-state index contributed by atoms with van der Waals surface area (Å²) in [4.78, 5) is 11.5. The summed E-state index contributed by atoms with van der Waals surface area (Å²) in [6.07, 6.45) is 3.45. The molecular weight excluding hydrogens is 240 g/mol. The van der Waals surface area contributed by atoms with Crippen LogP contribution in [0.1, 0.15) is 31.0 Å². The van der Waals surface area contributed by atoms with Crippen molar-refractivity contribution in [2.24, 2.45) is 5.92 Å². The number of hydrogen-bond acceptors (Lipinski definition) is 5. The molecule has 104 valence electrons. The van der Waals surface area contributed by atoms with E-state index in [4.69, 9.17) is 4.74 Å². The van der Waals surface area contributed by atoms with Gasteiger partial charge in [-0.3, -0.25) is 0 Å². The van der Waals surface area contributed by atoms with Crippen LogP contribution in [0.25, 0.3) is 0 Å². The predicted molar refractivity (Wildman–Crippen MR) is 74.6 cm³/mol. The summed E-state index contributed by atoms with van der Waals surface area (Å²) >= 11 is 0. The van der Waals surface area contributed by atoms with E-state index in [1.807, 2.05) is 0 Å². The number of methoxy groups -OCH3 is 1. The van der Waals surface area contributed by atoms with Crippen LogP contribution in [0, 0.1) is 5.92 Å². The van der Waals surface area contributed by atoms with Crippen LogP contribution < -0.4 is 15.0 Å². The highest BCUT2D eigenvalue weighted by Crippen LogP contribution is 2.29. The average Bonchev–Trinajstić information content (AvgIpc) is 2.47. The molecule has 19 heavy (non-hydrogen) atoms. The van der Waals surface area contributed by atoms with E-state index in [0.717, 1.165) is 50.0 Å². The lowest BCUT2D eigenvalue weighted by Gasteiger charge is -2.33. The second-order valence-electron chi connectivity index (χ2n) is 5.56. The Morgan fingerprint density at radius 1 is 1.26 bits per heavy atom. The fourth-order valence-electron chi connectivity index (χ4n) is 2.88. The molecule has 2 aliphatic heterocycles. The maximum absolute atomic E-state index is 5.26. The number of piperidine rings is 1. The van der Waals surface area contributed by atoms with E-state index in [1.54, 1.807) is 7.11 Å². The zero-order valence-electron chi connectivity index (χ0n) is 11.8. The van der Waals surface area contributed by atoms with Gasteiger partial charge >= 0.3 is 6.01 Å². The molecule has 0 atom stereocenters. The number of nitrogens with zero attached hydrogens (tertiary/aromatic N) is 3. The Bertz CT molecular complexity index is 455. The molecule has 1 N–H and O–H groups in total. The molecule has 0 saturated carbocycles. The number of nitrogens with one attached hydrogen (secondary N) is 1. The molecule has 0 spiro atoms. The van der Waals surface area contributed by atoms with Crippen molar-refractivity contribution >= 4 is 5.82 Å². The largest absolute Gasteiger partial charge is 0.467 e. The molecular formula is C14H22N4O. The molecule has 1 saturated heterocycles. The molecule has 1 aromatic heterocycles. The molecule has 1 aromatic rings. The van der Waals surface area contributed by atoms with Gasteiger partial charge in [-0.1, -0.05) is 6.92 Å². The second-order valence-corrected chi connectivity index (χ2v) is 5.56. The number of aromatic nitrogens is 2. The normalized spacial score (nSPS) is 20.2. The van der Waals surface area contributed by atoms with Gasteiger partial charge in [0.25, 0.3) is 0 Å². The first-order valence-corrected chi connectivity index (χ1v) is 7.17. The van der Waals surface area contributed by atoms with Crippen molar-refractivity contribution in [3.8, 4) is 6.01 Å². The van der Waals surface area contributed by atoms with Crippen LogP contribution >= 0.6 is 0 Å². The van der Waals surface area contributed by atoms with Crippen LogP contribution in [0.2, 0.25) is 0 Å². The van der Waals surface area contributed by atoms with Crippen molar-refractivity contribution in [3.63, 3.8) is 0 Å². The number of hydrogen-bond donors (Lipinski definition) is 1. The van der Waals surface area contributed by atoms with Crippen molar-refractivity contribution in [1.29, 1.82) is 0 Å². The van der Waals surface area contributed by atoms with Crippen molar-refractivity contribution in [3.05, 3.63) is 11.3 Å². The lowest BCUT2D eigenvalue weighted by atomic mass is 9.98. The highest BCUT2D eigenvalue weighted by atomic mass is 16.5. The minimum absolute atomic E-state index is 0.509. The first-order chi connectivity index (χ1) is 9.28. The van der Waals surface area contributed by atoms with Crippen LogP contribution in [-0.2, 0) is 13.0 Å². The topological polar surface area (TPSA) is 50.3 Å². The van der Waals surface area contributed by atoms with Crippen LogP contribution in [0.5, 0.6) is 6.01 Å². The number of anilines is 1. The Morgan fingerprint density at radius 2 is 2.05 bits per heavy atom. The van der Waals surface area contributed by atoms with Crippen molar-refractivity contribution in [1.82, 2.24) is 15.3 Å². The molecule has 0 bridgehead atoms. The molecule has 3 rings (SSSR count). The van der Waals surface area contributed by atoms with E-state index in [2.05, 4.69) is 27.1 Å². The van der Waals surface area contributed by atoms with Crippen molar-refractivity contribution in [2.45, 2.75) is 32.7 Å². The molecule has 0 aliphatic carbocycles. The lowest BCUT2D eigenvalue weighted by molar-refractivity contribution is 0.373. The molecule has 2 aliphatic rings. The molecule has 0 aromatic carbocycles. The monoisotopic (exact) mass is 262 g/mol. The van der Waals surface area contributed by atoms with Gasteiger partial charge in [0.2, 0.25) is 0 Å². The Morgan fingerprint density at radius 3 is 2.79 bits per heavy atom. The second kappa shape index (κ2) is 5.33. The smallest absolute Gasteiger partial charge is 0.318 e. The van der Waals surface area contributed by atoms with E-state index < -0.39 is 0 Å². The fraction of sp³-hybridized carbons (Fsp3) is 0.714. The molecule has 1 fully saturated rings. The van der Waals surface area contributed by atoms with E-state index in [-0.39, 0.29) is 0 Å². The fourth-order valence-corrected chi connectivity index (χ4v) is 2.88. The van der Waals surface area contributed by atoms with E-state index in [1.165, 1.54) is 18.4 Å². The van der Waals surface area contributed by atoms with Crippen molar-refractivity contribution < 1.29 is 4.74 Å². The quantitative estimate of drug-likeness (QED) is 0.872. The molecule has 5 heteroatoms. The summed E-state index contributed by atoms with van der Waals surface area (Å²) in [5, 5.41) is 3.42. The van der Waals surface area contributed by atoms with Crippen molar-refractivity contribution in [2.75, 3.05) is 31.6 Å². The maximum atomic E-state index is 5.26. The van der Waals surface area contributed by atoms with E-state index in [0.29, 0.717) is 6.01 Å². The Kier molecular flexibility index (Phi) is 3.55. The highest BCUT2D eigenvalue weighted by Gasteiger charge is 2.24. The first kappa shape index (κ1) is 12.7. The van der Waals surface area contributed by atoms with Gasteiger partial charge in [-0.15, -0.1) is 0 Å². The van der Waals surface area contributed by atoms with Gasteiger partial charge in [0.1, 0.15) is 5.82 Å². The summed E-state index contributed by atoms with van der Waals surface area (Å²) in [6, 6.07) is 0.509.